The highest BCUT2D eigenvalue weighted by atomic mass is 19.2. The molecule has 4 aromatic rings. The third-order valence-corrected chi connectivity index (χ3v) is 6.77. The number of hydrogen-bond acceptors (Lipinski definition) is 6. The average Bonchev–Trinajstić information content (AvgIpc) is 3.51. The summed E-state index contributed by atoms with van der Waals surface area (Å²) in [6, 6.07) is 8.28. The minimum atomic E-state index is -0.986. The molecule has 1 aliphatic rings. The van der Waals surface area contributed by atoms with Crippen molar-refractivity contribution in [2.75, 3.05) is 0 Å². The minimum Gasteiger partial charge on any atom is -0.478 e. The highest BCUT2D eigenvalue weighted by Gasteiger charge is 2.28. The van der Waals surface area contributed by atoms with Gasteiger partial charge in [-0.1, -0.05) is 12.1 Å². The topological polar surface area (TPSA) is 122 Å². The van der Waals surface area contributed by atoms with E-state index in [1.165, 1.54) is 12.4 Å². The Bertz CT molecular complexity index is 1540. The molecular formula is C26H24F2N6O3. The molecule has 2 aromatic carbocycles. The normalized spacial score (nSPS) is 15.5. The minimum absolute atomic E-state index is 0.00470. The highest BCUT2D eigenvalue weighted by Crippen LogP contribution is 2.36. The van der Waals surface area contributed by atoms with Crippen molar-refractivity contribution in [1.82, 2.24) is 30.2 Å². The average molecular weight is 507 g/mol. The SMILES string of the molecule is Cc1c(C(=O)O)ccc2c1CC[C@@H]2NC(C)c1cc(C(=O)NCc2ccc(F)c(F)c2)nc2ncnn12. The number of rotatable bonds is 7. The van der Waals surface area contributed by atoms with E-state index >= 15 is 0 Å². The van der Waals surface area contributed by atoms with Crippen LogP contribution in [0.5, 0.6) is 0 Å². The Labute approximate surface area is 210 Å². The van der Waals surface area contributed by atoms with E-state index in [1.807, 2.05) is 19.9 Å². The molecular weight excluding hydrogens is 482 g/mol. The van der Waals surface area contributed by atoms with Crippen molar-refractivity contribution in [2.24, 2.45) is 0 Å². The van der Waals surface area contributed by atoms with Crippen LogP contribution in [-0.2, 0) is 13.0 Å². The summed E-state index contributed by atoms with van der Waals surface area (Å²) in [5.74, 6) is -3.13. The number of aromatic nitrogens is 4. The van der Waals surface area contributed by atoms with Gasteiger partial charge in [0.05, 0.1) is 11.3 Å². The molecule has 1 amide bonds. The first kappa shape index (κ1) is 24.4. The van der Waals surface area contributed by atoms with E-state index in [4.69, 9.17) is 0 Å². The van der Waals surface area contributed by atoms with Crippen LogP contribution in [-0.4, -0.2) is 36.6 Å². The van der Waals surface area contributed by atoms with Crippen LogP contribution in [0.4, 0.5) is 8.78 Å². The Morgan fingerprint density at radius 2 is 2.00 bits per heavy atom. The van der Waals surface area contributed by atoms with Gasteiger partial charge in [-0.25, -0.2) is 18.6 Å². The maximum Gasteiger partial charge on any atom is 0.335 e. The van der Waals surface area contributed by atoms with Gasteiger partial charge in [0, 0.05) is 18.6 Å². The van der Waals surface area contributed by atoms with Gasteiger partial charge >= 0.3 is 5.97 Å². The van der Waals surface area contributed by atoms with E-state index < -0.39 is 23.5 Å². The number of carboxylic acids is 1. The highest BCUT2D eigenvalue weighted by molar-refractivity contribution is 5.92. The molecule has 0 fully saturated rings. The molecule has 11 heteroatoms. The summed E-state index contributed by atoms with van der Waals surface area (Å²) in [5.41, 5.74) is 4.38. The predicted octanol–water partition coefficient (Wildman–Crippen LogP) is 3.68. The molecule has 0 radical (unpaired) electrons. The summed E-state index contributed by atoms with van der Waals surface area (Å²) in [6.07, 6.45) is 2.92. The summed E-state index contributed by atoms with van der Waals surface area (Å²) in [4.78, 5) is 32.8. The lowest BCUT2D eigenvalue weighted by molar-refractivity contribution is 0.0695. The zero-order valence-electron chi connectivity index (χ0n) is 20.1. The zero-order chi connectivity index (χ0) is 26.3. The van der Waals surface area contributed by atoms with Crippen molar-refractivity contribution < 1.29 is 23.5 Å². The Morgan fingerprint density at radius 3 is 2.76 bits per heavy atom. The van der Waals surface area contributed by atoms with Crippen LogP contribution in [0.25, 0.3) is 5.78 Å². The van der Waals surface area contributed by atoms with Gasteiger partial charge in [-0.05, 0) is 73.2 Å². The third kappa shape index (κ3) is 4.65. The fourth-order valence-electron chi connectivity index (χ4n) is 4.85. The number of aromatic carboxylic acids is 1. The molecule has 190 valence electrons. The summed E-state index contributed by atoms with van der Waals surface area (Å²) in [7, 11) is 0. The summed E-state index contributed by atoms with van der Waals surface area (Å²) >= 11 is 0. The van der Waals surface area contributed by atoms with Crippen LogP contribution < -0.4 is 10.6 Å². The second kappa shape index (κ2) is 9.66. The standard InChI is InChI=1S/C26H24F2N6O3/c1-13-16-6-8-21(18(16)5-4-17(13)25(36)37)32-14(2)23-10-22(33-26-30-12-31-34(23)26)24(35)29-11-15-3-7-19(27)20(28)9-15/h3-5,7,9-10,12,14,21,32H,6,8,11H2,1-2H3,(H,29,35)(H,36,37)/t14?,21-/m0/s1. The number of nitrogens with zero attached hydrogens (tertiary/aromatic N) is 4. The number of carbonyl (C=O) groups is 2. The van der Waals surface area contributed by atoms with Crippen LogP contribution in [0, 0.1) is 18.6 Å². The predicted molar refractivity (Wildman–Crippen MR) is 129 cm³/mol. The third-order valence-electron chi connectivity index (χ3n) is 6.77. The molecule has 1 unspecified atom stereocenters. The maximum atomic E-state index is 13.5. The van der Waals surface area contributed by atoms with Crippen molar-refractivity contribution >= 4 is 17.7 Å². The van der Waals surface area contributed by atoms with E-state index in [1.54, 1.807) is 16.6 Å². The summed E-state index contributed by atoms with van der Waals surface area (Å²) in [6.45, 7) is 3.77. The Morgan fingerprint density at radius 1 is 1.19 bits per heavy atom. The van der Waals surface area contributed by atoms with Gasteiger partial charge in [0.25, 0.3) is 11.7 Å². The largest absolute Gasteiger partial charge is 0.478 e. The molecule has 9 nitrogen and oxygen atoms in total. The number of hydrogen-bond donors (Lipinski definition) is 3. The molecule has 0 aliphatic heterocycles. The molecule has 2 atom stereocenters. The number of fused-ring (bicyclic) bond motifs is 2. The molecule has 2 heterocycles. The number of carbonyl (C=O) groups excluding carboxylic acids is 1. The van der Waals surface area contributed by atoms with Crippen LogP contribution in [0.15, 0.2) is 42.7 Å². The second-order valence-electron chi connectivity index (χ2n) is 9.06. The molecule has 5 rings (SSSR count). The number of benzene rings is 2. The van der Waals surface area contributed by atoms with Crippen molar-refractivity contribution in [3.05, 3.63) is 93.6 Å². The number of carboxylic acid groups (broad SMARTS) is 1. The Kier molecular flexibility index (Phi) is 6.38. The van der Waals surface area contributed by atoms with E-state index in [2.05, 4.69) is 25.7 Å². The van der Waals surface area contributed by atoms with E-state index in [0.29, 0.717) is 16.8 Å². The van der Waals surface area contributed by atoms with Gasteiger partial charge in [-0.2, -0.15) is 14.6 Å². The monoisotopic (exact) mass is 506 g/mol. The maximum absolute atomic E-state index is 13.5. The van der Waals surface area contributed by atoms with Crippen LogP contribution in [0.2, 0.25) is 0 Å². The van der Waals surface area contributed by atoms with E-state index in [-0.39, 0.29) is 30.1 Å². The molecule has 3 N–H and O–H groups in total. The number of amides is 1. The van der Waals surface area contributed by atoms with Crippen LogP contribution >= 0.6 is 0 Å². The van der Waals surface area contributed by atoms with Crippen LogP contribution in [0.3, 0.4) is 0 Å². The smallest absolute Gasteiger partial charge is 0.335 e. The summed E-state index contributed by atoms with van der Waals surface area (Å²) in [5, 5.41) is 19.9. The summed E-state index contributed by atoms with van der Waals surface area (Å²) < 4.78 is 28.2. The van der Waals surface area contributed by atoms with Crippen LogP contribution in [0.1, 0.15) is 74.2 Å². The first-order valence-electron chi connectivity index (χ1n) is 11.8. The lowest BCUT2D eigenvalue weighted by Crippen LogP contribution is -2.28. The Hall–Kier alpha value is -4.25. The van der Waals surface area contributed by atoms with Gasteiger partial charge in [-0.3, -0.25) is 4.79 Å². The molecule has 0 spiro atoms. The fraction of sp³-hybridized carbons (Fsp3) is 0.269. The first-order valence-corrected chi connectivity index (χ1v) is 11.8. The molecule has 2 aromatic heterocycles. The van der Waals surface area contributed by atoms with Gasteiger partial charge < -0.3 is 15.7 Å². The van der Waals surface area contributed by atoms with Crippen molar-refractivity contribution in [1.29, 1.82) is 0 Å². The first-order chi connectivity index (χ1) is 17.7. The van der Waals surface area contributed by atoms with Gasteiger partial charge in [-0.15, -0.1) is 0 Å². The van der Waals surface area contributed by atoms with Gasteiger partial charge in [0.15, 0.2) is 11.6 Å². The molecule has 0 saturated carbocycles. The molecule has 1 aliphatic carbocycles. The number of halogens is 2. The van der Waals surface area contributed by atoms with Gasteiger partial charge in [0.2, 0.25) is 0 Å². The van der Waals surface area contributed by atoms with Crippen molar-refractivity contribution in [2.45, 2.75) is 45.3 Å². The van der Waals surface area contributed by atoms with Gasteiger partial charge in [0.1, 0.15) is 12.0 Å². The van der Waals surface area contributed by atoms with E-state index in [0.717, 1.165) is 41.7 Å². The van der Waals surface area contributed by atoms with Crippen molar-refractivity contribution in [3.63, 3.8) is 0 Å². The lowest BCUT2D eigenvalue weighted by atomic mass is 9.97. The fourth-order valence-corrected chi connectivity index (χ4v) is 4.85. The second-order valence-corrected chi connectivity index (χ2v) is 9.06. The molecule has 0 bridgehead atoms. The number of nitrogens with one attached hydrogen (secondary N) is 2. The van der Waals surface area contributed by atoms with E-state index in [9.17, 15) is 23.5 Å². The Balaban J connectivity index is 1.37. The lowest BCUT2D eigenvalue weighted by Gasteiger charge is -2.22. The van der Waals surface area contributed by atoms with Crippen molar-refractivity contribution in [3.8, 4) is 0 Å². The quantitative estimate of drug-likeness (QED) is 0.350. The molecule has 0 saturated heterocycles. The zero-order valence-corrected chi connectivity index (χ0v) is 20.1. The molecule has 37 heavy (non-hydrogen) atoms.